The van der Waals surface area contributed by atoms with Crippen molar-refractivity contribution in [3.63, 3.8) is 0 Å². The SMILES string of the molecule is Clc1cccc(-c2c[nH]c(Cc3cc[nH]c3)n2)c1Cl. The van der Waals surface area contributed by atoms with Crippen LogP contribution in [0.25, 0.3) is 11.3 Å². The number of rotatable bonds is 3. The molecule has 0 saturated carbocycles. The lowest BCUT2D eigenvalue weighted by atomic mass is 10.2. The summed E-state index contributed by atoms with van der Waals surface area (Å²) in [6.45, 7) is 0. The van der Waals surface area contributed by atoms with Gasteiger partial charge >= 0.3 is 0 Å². The summed E-state index contributed by atoms with van der Waals surface area (Å²) in [5.74, 6) is 0.894. The Morgan fingerprint density at radius 2 is 2.00 bits per heavy atom. The monoisotopic (exact) mass is 291 g/mol. The minimum Gasteiger partial charge on any atom is -0.367 e. The van der Waals surface area contributed by atoms with Crippen LogP contribution in [0.2, 0.25) is 10.0 Å². The Bertz CT molecular complexity index is 687. The van der Waals surface area contributed by atoms with Crippen molar-refractivity contribution in [2.24, 2.45) is 0 Å². The van der Waals surface area contributed by atoms with E-state index in [4.69, 9.17) is 23.2 Å². The van der Waals surface area contributed by atoms with E-state index in [2.05, 4.69) is 15.0 Å². The number of benzene rings is 1. The number of nitrogens with one attached hydrogen (secondary N) is 2. The topological polar surface area (TPSA) is 44.5 Å². The standard InChI is InChI=1S/C14H11Cl2N3/c15-11-3-1-2-10(14(11)16)12-8-18-13(19-12)6-9-4-5-17-7-9/h1-5,7-8,17H,6H2,(H,18,19). The van der Waals surface area contributed by atoms with E-state index in [1.807, 2.05) is 36.8 Å². The number of hydrogen-bond donors (Lipinski definition) is 2. The molecule has 2 N–H and O–H groups in total. The number of imidazole rings is 1. The Hall–Kier alpha value is -1.71. The molecule has 1 aromatic carbocycles. The van der Waals surface area contributed by atoms with E-state index in [0.29, 0.717) is 10.0 Å². The van der Waals surface area contributed by atoms with Crippen LogP contribution in [0, 0.1) is 0 Å². The largest absolute Gasteiger partial charge is 0.367 e. The van der Waals surface area contributed by atoms with Crippen molar-refractivity contribution in [1.29, 1.82) is 0 Å². The molecular formula is C14H11Cl2N3. The summed E-state index contributed by atoms with van der Waals surface area (Å²) >= 11 is 12.2. The van der Waals surface area contributed by atoms with Crippen LogP contribution < -0.4 is 0 Å². The summed E-state index contributed by atoms with van der Waals surface area (Å²) in [6.07, 6.45) is 6.45. The zero-order valence-electron chi connectivity index (χ0n) is 9.95. The van der Waals surface area contributed by atoms with Crippen LogP contribution in [-0.2, 0) is 6.42 Å². The minimum atomic E-state index is 0.531. The van der Waals surface area contributed by atoms with Crippen LogP contribution >= 0.6 is 23.2 Å². The molecule has 0 saturated heterocycles. The molecule has 0 bridgehead atoms. The highest BCUT2D eigenvalue weighted by Crippen LogP contribution is 2.32. The highest BCUT2D eigenvalue weighted by molar-refractivity contribution is 6.43. The predicted octanol–water partition coefficient (Wildman–Crippen LogP) is 4.30. The first-order valence-corrected chi connectivity index (χ1v) is 6.60. The van der Waals surface area contributed by atoms with Crippen molar-refractivity contribution in [3.8, 4) is 11.3 Å². The van der Waals surface area contributed by atoms with Crippen molar-refractivity contribution in [3.05, 3.63) is 64.3 Å². The Labute approximate surface area is 120 Å². The third-order valence-electron chi connectivity index (χ3n) is 2.89. The zero-order valence-corrected chi connectivity index (χ0v) is 11.5. The molecule has 2 aromatic heterocycles. The van der Waals surface area contributed by atoms with Gasteiger partial charge in [-0.2, -0.15) is 0 Å². The van der Waals surface area contributed by atoms with Gasteiger partial charge in [0.2, 0.25) is 0 Å². The second-order valence-corrected chi connectivity index (χ2v) is 5.01. The number of nitrogens with zero attached hydrogens (tertiary/aromatic N) is 1. The van der Waals surface area contributed by atoms with E-state index < -0.39 is 0 Å². The molecule has 19 heavy (non-hydrogen) atoms. The first kappa shape index (κ1) is 12.3. The van der Waals surface area contributed by atoms with Crippen molar-refractivity contribution in [2.75, 3.05) is 0 Å². The summed E-state index contributed by atoms with van der Waals surface area (Å²) in [6, 6.07) is 7.56. The quantitative estimate of drug-likeness (QED) is 0.742. The van der Waals surface area contributed by atoms with Crippen molar-refractivity contribution < 1.29 is 0 Å². The minimum absolute atomic E-state index is 0.531. The molecule has 2 heterocycles. The molecule has 0 unspecified atom stereocenters. The summed E-state index contributed by atoms with van der Waals surface area (Å²) in [5, 5.41) is 1.07. The first-order valence-electron chi connectivity index (χ1n) is 5.84. The van der Waals surface area contributed by atoms with Crippen molar-refractivity contribution in [2.45, 2.75) is 6.42 Å². The molecule has 0 aliphatic heterocycles. The van der Waals surface area contributed by atoms with Crippen LogP contribution in [0.5, 0.6) is 0 Å². The van der Waals surface area contributed by atoms with Gasteiger partial charge in [0, 0.05) is 30.6 Å². The lowest BCUT2D eigenvalue weighted by Crippen LogP contribution is -1.88. The summed E-state index contributed by atoms with van der Waals surface area (Å²) in [5.41, 5.74) is 2.82. The number of H-pyrrole nitrogens is 2. The van der Waals surface area contributed by atoms with E-state index >= 15 is 0 Å². The lowest BCUT2D eigenvalue weighted by Gasteiger charge is -2.01. The highest BCUT2D eigenvalue weighted by Gasteiger charge is 2.10. The van der Waals surface area contributed by atoms with Gasteiger partial charge in [0.1, 0.15) is 5.82 Å². The second kappa shape index (κ2) is 5.11. The molecule has 0 aliphatic rings. The van der Waals surface area contributed by atoms with Crippen molar-refractivity contribution >= 4 is 23.2 Å². The molecule has 3 aromatic rings. The summed E-state index contributed by atoms with van der Waals surface area (Å²) < 4.78 is 0. The van der Waals surface area contributed by atoms with Crippen LogP contribution in [0.15, 0.2) is 42.9 Å². The fourth-order valence-corrected chi connectivity index (χ4v) is 2.35. The van der Waals surface area contributed by atoms with Gasteiger partial charge in [-0.1, -0.05) is 35.3 Å². The Balaban J connectivity index is 1.91. The molecular weight excluding hydrogens is 281 g/mol. The van der Waals surface area contributed by atoms with E-state index in [9.17, 15) is 0 Å². The maximum atomic E-state index is 6.19. The average Bonchev–Trinajstić information content (AvgIpc) is 3.05. The molecule has 3 rings (SSSR count). The molecule has 0 fully saturated rings. The third kappa shape index (κ3) is 2.53. The van der Waals surface area contributed by atoms with E-state index in [1.54, 1.807) is 6.07 Å². The zero-order chi connectivity index (χ0) is 13.2. The van der Waals surface area contributed by atoms with E-state index in [0.717, 1.165) is 23.5 Å². The van der Waals surface area contributed by atoms with Gasteiger partial charge < -0.3 is 9.97 Å². The molecule has 0 radical (unpaired) electrons. The molecule has 3 nitrogen and oxygen atoms in total. The maximum Gasteiger partial charge on any atom is 0.111 e. The molecule has 96 valence electrons. The first-order chi connectivity index (χ1) is 9.24. The molecule has 0 spiro atoms. The molecule has 0 atom stereocenters. The fourth-order valence-electron chi connectivity index (χ4n) is 1.95. The lowest BCUT2D eigenvalue weighted by molar-refractivity contribution is 1.03. The Morgan fingerprint density at radius 1 is 1.11 bits per heavy atom. The van der Waals surface area contributed by atoms with Gasteiger partial charge in [-0.25, -0.2) is 4.98 Å². The molecule has 5 heteroatoms. The summed E-state index contributed by atoms with van der Waals surface area (Å²) in [7, 11) is 0. The van der Waals surface area contributed by atoms with Gasteiger partial charge in [0.25, 0.3) is 0 Å². The van der Waals surface area contributed by atoms with Crippen molar-refractivity contribution in [1.82, 2.24) is 15.0 Å². The van der Waals surface area contributed by atoms with Crippen LogP contribution in [0.4, 0.5) is 0 Å². The average molecular weight is 292 g/mol. The number of aromatic amines is 2. The van der Waals surface area contributed by atoms with Gasteiger partial charge in [0.15, 0.2) is 0 Å². The van der Waals surface area contributed by atoms with Crippen LogP contribution in [-0.4, -0.2) is 15.0 Å². The smallest absolute Gasteiger partial charge is 0.111 e. The van der Waals surface area contributed by atoms with Gasteiger partial charge in [-0.3, -0.25) is 0 Å². The van der Waals surface area contributed by atoms with E-state index in [1.165, 1.54) is 5.56 Å². The maximum absolute atomic E-state index is 6.19. The number of halogens is 2. The number of aromatic nitrogens is 3. The van der Waals surface area contributed by atoms with Crippen LogP contribution in [0.1, 0.15) is 11.4 Å². The number of hydrogen-bond acceptors (Lipinski definition) is 1. The van der Waals surface area contributed by atoms with Crippen LogP contribution in [0.3, 0.4) is 0 Å². The Kier molecular flexibility index (Phi) is 3.32. The highest BCUT2D eigenvalue weighted by atomic mass is 35.5. The second-order valence-electron chi connectivity index (χ2n) is 4.23. The van der Waals surface area contributed by atoms with Gasteiger partial charge in [0.05, 0.1) is 15.7 Å². The Morgan fingerprint density at radius 3 is 2.79 bits per heavy atom. The van der Waals surface area contributed by atoms with Gasteiger partial charge in [-0.15, -0.1) is 0 Å². The molecule has 0 amide bonds. The summed E-state index contributed by atoms with van der Waals surface area (Å²) in [4.78, 5) is 10.7. The predicted molar refractivity (Wildman–Crippen MR) is 77.6 cm³/mol. The van der Waals surface area contributed by atoms with E-state index in [-0.39, 0.29) is 0 Å². The fraction of sp³-hybridized carbons (Fsp3) is 0.0714. The third-order valence-corrected chi connectivity index (χ3v) is 3.71. The normalized spacial score (nSPS) is 10.8. The van der Waals surface area contributed by atoms with Gasteiger partial charge in [-0.05, 0) is 17.7 Å². The molecule has 0 aliphatic carbocycles.